The normalized spacial score (nSPS) is 7.87. The van der Waals surface area contributed by atoms with E-state index in [0.717, 1.165) is 0 Å². The van der Waals surface area contributed by atoms with Gasteiger partial charge in [-0.1, -0.05) is 0 Å². The zero-order valence-corrected chi connectivity index (χ0v) is 22.9. The molecule has 15 heavy (non-hydrogen) atoms. The van der Waals surface area contributed by atoms with Crippen molar-refractivity contribution >= 4 is 129 Å². The Bertz CT molecular complexity index is 138. The molecule has 0 saturated carbocycles. The van der Waals surface area contributed by atoms with Crippen LogP contribution in [0.2, 0.25) is 0 Å². The molecule has 0 amide bonds. The summed E-state index contributed by atoms with van der Waals surface area (Å²) in [6.45, 7) is 0. The Labute approximate surface area is 261 Å². The van der Waals surface area contributed by atoms with Gasteiger partial charge in [0.1, 0.15) is 0 Å². The van der Waals surface area contributed by atoms with Crippen LogP contribution in [0.15, 0.2) is 0 Å². The molecule has 0 aliphatic heterocycles. The minimum Gasteiger partial charge on any atom is -0.822 e. The molecule has 0 unspecified atom stereocenters. The second kappa shape index (κ2) is 23.5. The molecule has 0 rings (SSSR count). The van der Waals surface area contributed by atoms with Crippen LogP contribution in [0.3, 0.4) is 0 Å². The molecule has 8 nitrogen and oxygen atoms in total. The molecule has 0 radical (unpaired) electrons. The van der Waals surface area contributed by atoms with Crippen molar-refractivity contribution in [1.29, 1.82) is 0 Å². The van der Waals surface area contributed by atoms with E-state index in [4.69, 9.17) is 38.5 Å². The molecular weight excluding hydrogens is 388 g/mol. The predicted octanol–water partition coefficient (Wildman–Crippen LogP) is -12.8. The van der Waals surface area contributed by atoms with Crippen LogP contribution < -0.4 is 132 Å². The van der Waals surface area contributed by atoms with E-state index in [-0.39, 0.29) is 216 Å². The number of hydrogen-bond donors (Lipinski definition) is 0. The van der Waals surface area contributed by atoms with E-state index in [1.807, 2.05) is 0 Å². The van der Waals surface area contributed by atoms with Crippen molar-refractivity contribution in [2.75, 3.05) is 0 Å². The molecule has 64 valence electrons. The van der Waals surface area contributed by atoms with Gasteiger partial charge in [0.05, 0.1) is 0 Å². The van der Waals surface area contributed by atoms with Gasteiger partial charge in [0.15, 0.2) is 0 Å². The quantitative estimate of drug-likeness (QED) is 0.290. The van der Waals surface area contributed by atoms with Gasteiger partial charge in [-0.05, 0) is 0 Å². The molecule has 0 spiro atoms. The Kier molecular flexibility index (Phi) is 67.8. The van der Waals surface area contributed by atoms with E-state index < -0.39 is 15.6 Å². The maximum absolute atomic E-state index is 8.55. The zero-order chi connectivity index (χ0) is 9.00. The topological polar surface area (TPSA) is 172 Å². The summed E-state index contributed by atoms with van der Waals surface area (Å²) in [6.07, 6.45) is 0. The molecule has 0 atom stereocenters. The standard InChI is InChI=1S/3Ca.2K.2H3O4P/c;;;;;2*1-5(2,3)4/h;;;;;2*(H3,1,2,3,4)/q3*+2;2*+1;;/p-6. The molecule has 0 aliphatic carbocycles. The van der Waals surface area contributed by atoms with Crippen LogP contribution >= 0.6 is 15.6 Å². The van der Waals surface area contributed by atoms with Crippen LogP contribution in [0.1, 0.15) is 0 Å². The van der Waals surface area contributed by atoms with Crippen molar-refractivity contribution in [2.24, 2.45) is 0 Å². The molecule has 0 aromatic carbocycles. The van der Waals surface area contributed by atoms with Crippen LogP contribution in [0, 0.1) is 0 Å². The van der Waals surface area contributed by atoms with Gasteiger partial charge >= 0.3 is 216 Å². The van der Waals surface area contributed by atoms with Crippen molar-refractivity contribution < 1.29 is 141 Å². The van der Waals surface area contributed by atoms with E-state index in [1.165, 1.54) is 0 Å². The second-order valence-electron chi connectivity index (χ2n) is 0.894. The smallest absolute Gasteiger partial charge is 0.822 e. The van der Waals surface area contributed by atoms with E-state index in [0.29, 0.717) is 0 Å². The molecule has 0 saturated heterocycles. The van der Waals surface area contributed by atoms with Gasteiger partial charge in [0.2, 0.25) is 0 Å². The first kappa shape index (κ1) is 43.2. The molecule has 0 bridgehead atoms. The summed E-state index contributed by atoms with van der Waals surface area (Å²) >= 11 is 0. The third-order valence-corrected chi connectivity index (χ3v) is 0. The van der Waals surface area contributed by atoms with Crippen molar-refractivity contribution in [3.8, 4) is 0 Å². The van der Waals surface area contributed by atoms with Gasteiger partial charge in [-0.2, -0.15) is 15.6 Å². The maximum atomic E-state index is 8.55. The van der Waals surface area contributed by atoms with E-state index in [9.17, 15) is 0 Å². The Hall–Kier alpha value is 7.27. The van der Waals surface area contributed by atoms with Crippen LogP contribution in [0.4, 0.5) is 0 Å². The van der Waals surface area contributed by atoms with Crippen molar-refractivity contribution in [3.63, 3.8) is 0 Å². The fourth-order valence-corrected chi connectivity index (χ4v) is 0. The largest absolute Gasteiger partial charge is 2.00 e. The minimum atomic E-state index is -5.39. The number of phosphoric acid groups is 2. The molecule has 0 fully saturated rings. The summed E-state index contributed by atoms with van der Waals surface area (Å²) in [7, 11) is -10.8. The van der Waals surface area contributed by atoms with Gasteiger partial charge in [0, 0.05) is 0 Å². The fourth-order valence-electron chi connectivity index (χ4n) is 0. The van der Waals surface area contributed by atoms with E-state index in [2.05, 4.69) is 0 Å². The number of rotatable bonds is 0. The molecule has 0 aromatic heterocycles. The van der Waals surface area contributed by atoms with Crippen LogP contribution in [0.5, 0.6) is 0 Å². The average Bonchev–Trinajstić information content (AvgIpc) is 1.12. The molecule has 0 heterocycles. The first-order valence-corrected chi connectivity index (χ1v) is 4.38. The Morgan fingerprint density at radius 1 is 0.533 bits per heavy atom. The molecule has 0 aliphatic rings. The first-order chi connectivity index (χ1) is 4.00. The van der Waals surface area contributed by atoms with E-state index in [1.54, 1.807) is 0 Å². The zero-order valence-electron chi connectivity index (χ0n) is 8.28. The van der Waals surface area contributed by atoms with Gasteiger partial charge in [-0.25, -0.2) is 0 Å². The fraction of sp³-hybridized carbons (Fsp3) is 0. The summed E-state index contributed by atoms with van der Waals surface area (Å²) < 4.78 is 17.1. The maximum Gasteiger partial charge on any atom is 2.00 e. The summed E-state index contributed by atoms with van der Waals surface area (Å²) in [4.78, 5) is 51.3. The Balaban J connectivity index is -0.0000000128. The molecular formula is Ca3K2O8P2+2. The van der Waals surface area contributed by atoms with Crippen LogP contribution in [-0.4, -0.2) is 113 Å². The third kappa shape index (κ3) is 149. The molecule has 0 aromatic rings. The van der Waals surface area contributed by atoms with Crippen LogP contribution in [0.25, 0.3) is 0 Å². The third-order valence-electron chi connectivity index (χ3n) is 0. The Morgan fingerprint density at radius 3 is 0.533 bits per heavy atom. The summed E-state index contributed by atoms with van der Waals surface area (Å²) in [6, 6.07) is 0. The van der Waals surface area contributed by atoms with Gasteiger partial charge in [-0.3, -0.25) is 0 Å². The summed E-state index contributed by atoms with van der Waals surface area (Å²) in [5, 5.41) is 0. The first-order valence-electron chi connectivity index (χ1n) is 1.46. The molecule has 0 N–H and O–H groups in total. The minimum absolute atomic E-state index is 0. The van der Waals surface area contributed by atoms with Crippen LogP contribution in [-0.2, 0) is 9.13 Å². The van der Waals surface area contributed by atoms with Gasteiger partial charge in [0.25, 0.3) is 0 Å². The van der Waals surface area contributed by atoms with Gasteiger partial charge in [-0.15, -0.1) is 0 Å². The van der Waals surface area contributed by atoms with Gasteiger partial charge < -0.3 is 38.5 Å². The summed E-state index contributed by atoms with van der Waals surface area (Å²) in [5.41, 5.74) is 0. The SMILES string of the molecule is O=P([O-])([O-])[O-].O=P([O-])([O-])[O-].[Ca+2].[Ca+2].[Ca+2].[K+].[K+]. The Morgan fingerprint density at radius 2 is 0.533 bits per heavy atom. The monoisotopic (exact) mass is 388 g/mol. The second-order valence-corrected chi connectivity index (χ2v) is 2.68. The van der Waals surface area contributed by atoms with Crippen molar-refractivity contribution in [2.45, 2.75) is 0 Å². The summed E-state index contributed by atoms with van der Waals surface area (Å²) in [5.74, 6) is 0. The number of hydrogen-bond acceptors (Lipinski definition) is 8. The van der Waals surface area contributed by atoms with E-state index >= 15 is 0 Å². The van der Waals surface area contributed by atoms with Crippen molar-refractivity contribution in [1.82, 2.24) is 0 Å². The predicted molar refractivity (Wildman–Crippen MR) is 32.5 cm³/mol. The van der Waals surface area contributed by atoms with Crippen molar-refractivity contribution in [3.05, 3.63) is 0 Å². The average molecular weight is 388 g/mol. The molecule has 15 heteroatoms.